The highest BCUT2D eigenvalue weighted by Crippen LogP contribution is 2.32. The van der Waals surface area contributed by atoms with Crippen LogP contribution in [0.25, 0.3) is 10.9 Å². The van der Waals surface area contributed by atoms with E-state index in [1.54, 1.807) is 26.0 Å². The molecule has 1 aromatic heterocycles. The Morgan fingerprint density at radius 1 is 1.12 bits per heavy atom. The van der Waals surface area contributed by atoms with Gasteiger partial charge in [-0.1, -0.05) is 28.1 Å². The molecule has 0 aliphatic carbocycles. The van der Waals surface area contributed by atoms with E-state index in [0.717, 1.165) is 12.1 Å². The number of anilines is 1. The second-order valence-electron chi connectivity index (χ2n) is 5.89. The van der Waals surface area contributed by atoms with Crippen LogP contribution in [-0.4, -0.2) is 9.97 Å². The van der Waals surface area contributed by atoms with Crippen molar-refractivity contribution in [3.63, 3.8) is 0 Å². The molecule has 0 saturated carbocycles. The normalized spacial score (nSPS) is 13.0. The van der Waals surface area contributed by atoms with Gasteiger partial charge in [0.25, 0.3) is 0 Å². The molecule has 0 aliphatic heterocycles. The summed E-state index contributed by atoms with van der Waals surface area (Å²) in [6.07, 6.45) is -4.41. The van der Waals surface area contributed by atoms with Gasteiger partial charge in [-0.2, -0.15) is 13.2 Å². The molecule has 136 valence electrons. The summed E-state index contributed by atoms with van der Waals surface area (Å²) in [5.74, 6) is 0.213. The Morgan fingerprint density at radius 2 is 1.85 bits per heavy atom. The smallest absolute Gasteiger partial charge is 0.363 e. The highest BCUT2D eigenvalue weighted by atomic mass is 79.9. The number of aromatic nitrogens is 2. The Kier molecular flexibility index (Phi) is 4.88. The third kappa shape index (κ3) is 3.80. The minimum Gasteiger partial charge on any atom is -0.363 e. The van der Waals surface area contributed by atoms with Crippen LogP contribution in [0.4, 0.5) is 23.4 Å². The lowest BCUT2D eigenvalue weighted by atomic mass is 10.0. The average Bonchev–Trinajstić information content (AvgIpc) is 2.55. The molecule has 1 heterocycles. The molecule has 0 unspecified atom stereocenters. The first-order valence-corrected chi connectivity index (χ1v) is 8.51. The molecule has 26 heavy (non-hydrogen) atoms. The topological polar surface area (TPSA) is 37.8 Å². The summed E-state index contributed by atoms with van der Waals surface area (Å²) >= 11 is 3.23. The molecule has 0 radical (unpaired) electrons. The molecule has 1 atom stereocenters. The Hall–Kier alpha value is -2.22. The van der Waals surface area contributed by atoms with Gasteiger partial charge in [0, 0.05) is 15.9 Å². The fourth-order valence-electron chi connectivity index (χ4n) is 2.65. The molecule has 0 fully saturated rings. The molecular weight excluding hydrogens is 414 g/mol. The quantitative estimate of drug-likeness (QED) is 0.518. The molecule has 3 nitrogen and oxygen atoms in total. The molecule has 2 aromatic carbocycles. The van der Waals surface area contributed by atoms with Gasteiger partial charge in [0.05, 0.1) is 5.56 Å². The molecule has 8 heteroatoms. The fourth-order valence-corrected chi connectivity index (χ4v) is 3.08. The molecule has 0 amide bonds. The molecule has 0 saturated heterocycles. The number of nitrogens with zero attached hydrogens (tertiary/aromatic N) is 2. The van der Waals surface area contributed by atoms with Gasteiger partial charge in [-0.25, -0.2) is 14.4 Å². The zero-order valence-electron chi connectivity index (χ0n) is 13.8. The molecular formula is C18H14BrF4N3. The first-order valence-electron chi connectivity index (χ1n) is 7.72. The van der Waals surface area contributed by atoms with Crippen LogP contribution >= 0.6 is 15.9 Å². The van der Waals surface area contributed by atoms with Crippen molar-refractivity contribution in [2.75, 3.05) is 5.32 Å². The molecule has 0 spiro atoms. The molecule has 1 N–H and O–H groups in total. The molecule has 3 aromatic rings. The van der Waals surface area contributed by atoms with E-state index in [1.165, 1.54) is 12.1 Å². The SMILES string of the molecule is Cc1nc(N[C@H](C)c2cccc(C(F)(F)F)c2)c2cc(Br)cc(F)c2n1. The number of aryl methyl sites for hydroxylation is 1. The van der Waals surface area contributed by atoms with Crippen LogP contribution in [0.1, 0.15) is 29.9 Å². The van der Waals surface area contributed by atoms with Crippen molar-refractivity contribution in [2.24, 2.45) is 0 Å². The summed E-state index contributed by atoms with van der Waals surface area (Å²) in [5.41, 5.74) is -0.125. The van der Waals surface area contributed by atoms with Gasteiger partial charge in [0.15, 0.2) is 5.82 Å². The van der Waals surface area contributed by atoms with Gasteiger partial charge in [0.1, 0.15) is 17.2 Å². The zero-order chi connectivity index (χ0) is 19.1. The fraction of sp³-hybridized carbons (Fsp3) is 0.222. The van der Waals surface area contributed by atoms with Crippen LogP contribution in [0.5, 0.6) is 0 Å². The highest BCUT2D eigenvalue weighted by Gasteiger charge is 2.30. The van der Waals surface area contributed by atoms with Crippen molar-refractivity contribution in [1.82, 2.24) is 9.97 Å². The van der Waals surface area contributed by atoms with Gasteiger partial charge in [-0.15, -0.1) is 0 Å². The van der Waals surface area contributed by atoms with Crippen molar-refractivity contribution in [2.45, 2.75) is 26.1 Å². The van der Waals surface area contributed by atoms with E-state index >= 15 is 0 Å². The molecule has 0 bridgehead atoms. The summed E-state index contributed by atoms with van der Waals surface area (Å²) in [4.78, 5) is 8.40. The summed E-state index contributed by atoms with van der Waals surface area (Å²) in [6, 6.07) is 7.55. The van der Waals surface area contributed by atoms with Crippen LogP contribution in [0.3, 0.4) is 0 Å². The minimum atomic E-state index is -4.41. The van der Waals surface area contributed by atoms with Crippen molar-refractivity contribution < 1.29 is 17.6 Å². The van der Waals surface area contributed by atoms with E-state index < -0.39 is 23.6 Å². The number of benzene rings is 2. The summed E-state index contributed by atoms with van der Waals surface area (Å²) in [7, 11) is 0. The monoisotopic (exact) mass is 427 g/mol. The zero-order valence-corrected chi connectivity index (χ0v) is 15.4. The Bertz CT molecular complexity index is 973. The summed E-state index contributed by atoms with van der Waals surface area (Å²) < 4.78 is 53.5. The van der Waals surface area contributed by atoms with Crippen molar-refractivity contribution in [3.8, 4) is 0 Å². The first kappa shape index (κ1) is 18.6. The number of nitrogens with one attached hydrogen (secondary N) is 1. The standard InChI is InChI=1S/C18H14BrF4N3/c1-9(11-4-3-5-12(6-11)18(21,22)23)24-17-14-7-13(19)8-15(20)16(14)25-10(2)26-17/h3-9H,1-2H3,(H,24,25,26)/t9-/m1/s1. The van der Waals surface area contributed by atoms with E-state index in [-0.39, 0.29) is 5.52 Å². The van der Waals surface area contributed by atoms with Crippen molar-refractivity contribution in [1.29, 1.82) is 0 Å². The predicted molar refractivity (Wildman–Crippen MR) is 95.4 cm³/mol. The summed E-state index contributed by atoms with van der Waals surface area (Å²) in [6.45, 7) is 3.34. The highest BCUT2D eigenvalue weighted by molar-refractivity contribution is 9.10. The van der Waals surface area contributed by atoms with Crippen LogP contribution in [-0.2, 0) is 6.18 Å². The van der Waals surface area contributed by atoms with Crippen LogP contribution in [0, 0.1) is 12.7 Å². The van der Waals surface area contributed by atoms with Gasteiger partial charge in [0.2, 0.25) is 0 Å². The Balaban J connectivity index is 2.01. The van der Waals surface area contributed by atoms with Crippen LogP contribution in [0.2, 0.25) is 0 Å². The average molecular weight is 428 g/mol. The number of rotatable bonds is 3. The largest absolute Gasteiger partial charge is 0.416 e. The minimum absolute atomic E-state index is 0.152. The van der Waals surface area contributed by atoms with Crippen molar-refractivity contribution in [3.05, 3.63) is 63.6 Å². The number of halogens is 5. The van der Waals surface area contributed by atoms with E-state index in [0.29, 0.717) is 27.1 Å². The van der Waals surface area contributed by atoms with Gasteiger partial charge < -0.3 is 5.32 Å². The number of fused-ring (bicyclic) bond motifs is 1. The predicted octanol–water partition coefficient (Wildman–Crippen LogP) is 6.03. The third-order valence-corrected chi connectivity index (χ3v) is 4.36. The van der Waals surface area contributed by atoms with Crippen molar-refractivity contribution >= 4 is 32.7 Å². The lowest BCUT2D eigenvalue weighted by Gasteiger charge is -2.18. The second kappa shape index (κ2) is 6.83. The maximum Gasteiger partial charge on any atom is 0.416 e. The second-order valence-corrected chi connectivity index (χ2v) is 6.81. The lowest BCUT2D eigenvalue weighted by molar-refractivity contribution is -0.137. The van der Waals surface area contributed by atoms with Crippen LogP contribution < -0.4 is 5.32 Å². The van der Waals surface area contributed by atoms with E-state index in [4.69, 9.17) is 0 Å². The maximum absolute atomic E-state index is 14.2. The number of hydrogen-bond acceptors (Lipinski definition) is 3. The Labute approximate surface area is 155 Å². The number of alkyl halides is 3. The van der Waals surface area contributed by atoms with Gasteiger partial charge >= 0.3 is 6.18 Å². The van der Waals surface area contributed by atoms with E-state index in [2.05, 4.69) is 31.2 Å². The van der Waals surface area contributed by atoms with Gasteiger partial charge in [-0.05, 0) is 43.7 Å². The van der Waals surface area contributed by atoms with E-state index in [1.807, 2.05) is 0 Å². The third-order valence-electron chi connectivity index (χ3n) is 3.90. The first-order chi connectivity index (χ1) is 12.1. The molecule has 3 rings (SSSR count). The number of hydrogen-bond donors (Lipinski definition) is 1. The Morgan fingerprint density at radius 3 is 2.54 bits per heavy atom. The molecule has 0 aliphatic rings. The van der Waals surface area contributed by atoms with Gasteiger partial charge in [-0.3, -0.25) is 0 Å². The lowest BCUT2D eigenvalue weighted by Crippen LogP contribution is -2.12. The summed E-state index contributed by atoms with van der Waals surface area (Å²) in [5, 5.41) is 3.51. The van der Waals surface area contributed by atoms with Crippen LogP contribution in [0.15, 0.2) is 40.9 Å². The van der Waals surface area contributed by atoms with E-state index in [9.17, 15) is 17.6 Å². The maximum atomic E-state index is 14.2.